The van der Waals surface area contributed by atoms with Gasteiger partial charge in [-0.3, -0.25) is 9.79 Å². The van der Waals surface area contributed by atoms with Crippen LogP contribution in [-0.2, 0) is 9.53 Å². The number of aliphatic imine (C=N–C) groups is 1. The molecule has 3 heterocycles. The number of aromatic nitrogens is 2. The quantitative estimate of drug-likeness (QED) is 0.331. The van der Waals surface area contributed by atoms with Crippen LogP contribution in [0.4, 0.5) is 5.95 Å². The Balaban J connectivity index is 0.00000280. The Bertz CT molecular complexity index is 618. The average molecular weight is 503 g/mol. The molecule has 1 aromatic rings. The van der Waals surface area contributed by atoms with Crippen LogP contribution in [0.15, 0.2) is 23.5 Å². The first kappa shape index (κ1) is 22.6. The minimum absolute atomic E-state index is 0. The van der Waals surface area contributed by atoms with Crippen molar-refractivity contribution in [2.45, 2.75) is 25.4 Å². The first-order valence-corrected chi connectivity index (χ1v) is 9.62. The van der Waals surface area contributed by atoms with Crippen LogP contribution >= 0.6 is 24.0 Å². The van der Waals surface area contributed by atoms with Gasteiger partial charge < -0.3 is 25.2 Å². The molecule has 1 amide bonds. The fraction of sp³-hybridized carbons (Fsp3) is 0.667. The van der Waals surface area contributed by atoms with Crippen LogP contribution in [-0.4, -0.2) is 85.8 Å². The number of carbonyl (C=O) groups is 1. The number of ether oxygens (including phenoxy) is 1. The zero-order valence-electron chi connectivity index (χ0n) is 16.3. The zero-order chi connectivity index (χ0) is 18.9. The fourth-order valence-electron chi connectivity index (χ4n) is 3.29. The van der Waals surface area contributed by atoms with Gasteiger partial charge in [-0.25, -0.2) is 9.97 Å². The van der Waals surface area contributed by atoms with E-state index in [-0.39, 0.29) is 36.0 Å². The van der Waals surface area contributed by atoms with Crippen LogP contribution in [0.2, 0.25) is 0 Å². The van der Waals surface area contributed by atoms with Crippen molar-refractivity contribution >= 4 is 41.8 Å². The number of hydrogen-bond donors (Lipinski definition) is 2. The molecule has 0 aliphatic carbocycles. The number of anilines is 1. The van der Waals surface area contributed by atoms with Crippen molar-refractivity contribution in [2.75, 3.05) is 57.8 Å². The van der Waals surface area contributed by atoms with Crippen LogP contribution in [0, 0.1) is 0 Å². The van der Waals surface area contributed by atoms with Gasteiger partial charge in [0.25, 0.3) is 0 Å². The van der Waals surface area contributed by atoms with Crippen molar-refractivity contribution in [3.63, 3.8) is 0 Å². The molecule has 2 fully saturated rings. The number of amides is 1. The number of halogens is 1. The third-order valence-corrected chi connectivity index (χ3v) is 4.84. The third kappa shape index (κ3) is 6.73. The van der Waals surface area contributed by atoms with Gasteiger partial charge in [0.1, 0.15) is 0 Å². The molecule has 2 aliphatic heterocycles. The fourth-order valence-corrected chi connectivity index (χ4v) is 3.29. The Morgan fingerprint density at radius 2 is 2.00 bits per heavy atom. The molecule has 2 N–H and O–H groups in total. The van der Waals surface area contributed by atoms with Gasteiger partial charge in [0.05, 0.1) is 6.10 Å². The van der Waals surface area contributed by atoms with Crippen molar-refractivity contribution in [2.24, 2.45) is 4.99 Å². The van der Waals surface area contributed by atoms with Gasteiger partial charge in [0, 0.05) is 71.7 Å². The van der Waals surface area contributed by atoms with Crippen LogP contribution in [0.1, 0.15) is 19.3 Å². The third-order valence-electron chi connectivity index (χ3n) is 4.84. The summed E-state index contributed by atoms with van der Waals surface area (Å²) in [5.41, 5.74) is 0. The number of rotatable bonds is 6. The molecule has 1 unspecified atom stereocenters. The highest BCUT2D eigenvalue weighted by atomic mass is 127. The Hall–Kier alpha value is -1.69. The van der Waals surface area contributed by atoms with Crippen molar-refractivity contribution in [3.05, 3.63) is 18.5 Å². The molecule has 3 rings (SSSR count). The molecule has 28 heavy (non-hydrogen) atoms. The lowest BCUT2D eigenvalue weighted by molar-refractivity contribution is -0.131. The minimum Gasteiger partial charge on any atom is -0.376 e. The maximum atomic E-state index is 12.4. The summed E-state index contributed by atoms with van der Waals surface area (Å²) in [5, 5.41) is 6.46. The molecular formula is C18H30IN7O2. The molecule has 0 aromatic carbocycles. The summed E-state index contributed by atoms with van der Waals surface area (Å²) in [6.45, 7) is 5.06. The number of hydrogen-bond acceptors (Lipinski definition) is 6. The lowest BCUT2D eigenvalue weighted by Gasteiger charge is -2.34. The van der Waals surface area contributed by atoms with E-state index in [1.807, 2.05) is 4.90 Å². The second kappa shape index (κ2) is 12.0. The second-order valence-electron chi connectivity index (χ2n) is 6.68. The largest absolute Gasteiger partial charge is 0.376 e. The number of nitrogens with zero attached hydrogens (tertiary/aromatic N) is 5. The van der Waals surface area contributed by atoms with Crippen molar-refractivity contribution in [1.29, 1.82) is 0 Å². The molecule has 0 saturated carbocycles. The maximum absolute atomic E-state index is 12.4. The summed E-state index contributed by atoms with van der Waals surface area (Å²) >= 11 is 0. The Morgan fingerprint density at radius 1 is 1.25 bits per heavy atom. The predicted octanol–water partition coefficient (Wildman–Crippen LogP) is 0.477. The van der Waals surface area contributed by atoms with Gasteiger partial charge in [-0.2, -0.15) is 0 Å². The number of piperazine rings is 1. The molecule has 0 bridgehead atoms. The van der Waals surface area contributed by atoms with E-state index in [2.05, 4.69) is 30.5 Å². The Labute approximate surface area is 183 Å². The first-order valence-electron chi connectivity index (χ1n) is 9.62. The lowest BCUT2D eigenvalue weighted by atomic mass is 10.2. The van der Waals surface area contributed by atoms with E-state index in [0.717, 1.165) is 45.0 Å². The van der Waals surface area contributed by atoms with E-state index < -0.39 is 0 Å². The number of nitrogens with one attached hydrogen (secondary N) is 2. The Kier molecular flexibility index (Phi) is 9.68. The molecule has 10 heteroatoms. The predicted molar refractivity (Wildman–Crippen MR) is 119 cm³/mol. The van der Waals surface area contributed by atoms with E-state index >= 15 is 0 Å². The number of carbonyl (C=O) groups excluding carboxylic acids is 1. The summed E-state index contributed by atoms with van der Waals surface area (Å²) < 4.78 is 5.59. The SMILES string of the molecule is CN=C(NCCC(=O)N1CCN(c2ncccn2)CC1)NCC1CCCO1.I. The monoisotopic (exact) mass is 503 g/mol. The van der Waals surface area contributed by atoms with E-state index in [9.17, 15) is 4.79 Å². The Morgan fingerprint density at radius 3 is 2.64 bits per heavy atom. The van der Waals surface area contributed by atoms with Crippen molar-refractivity contribution in [1.82, 2.24) is 25.5 Å². The average Bonchev–Trinajstić information content (AvgIpc) is 3.25. The smallest absolute Gasteiger partial charge is 0.225 e. The van der Waals surface area contributed by atoms with E-state index in [0.29, 0.717) is 32.0 Å². The van der Waals surface area contributed by atoms with Gasteiger partial charge in [0.15, 0.2) is 5.96 Å². The van der Waals surface area contributed by atoms with E-state index in [1.165, 1.54) is 0 Å². The molecule has 1 aromatic heterocycles. The molecule has 0 spiro atoms. The molecule has 0 radical (unpaired) electrons. The number of guanidine groups is 1. The van der Waals surface area contributed by atoms with Gasteiger partial charge in [0.2, 0.25) is 11.9 Å². The van der Waals surface area contributed by atoms with Crippen LogP contribution in [0.3, 0.4) is 0 Å². The normalized spacial score (nSPS) is 19.9. The topological polar surface area (TPSA) is 95.0 Å². The highest BCUT2D eigenvalue weighted by Crippen LogP contribution is 2.11. The van der Waals surface area contributed by atoms with Crippen LogP contribution in [0.25, 0.3) is 0 Å². The molecule has 9 nitrogen and oxygen atoms in total. The molecule has 156 valence electrons. The molecule has 2 saturated heterocycles. The van der Waals surface area contributed by atoms with Crippen molar-refractivity contribution < 1.29 is 9.53 Å². The van der Waals surface area contributed by atoms with Crippen LogP contribution < -0.4 is 15.5 Å². The van der Waals surface area contributed by atoms with E-state index in [1.54, 1.807) is 25.5 Å². The molecular weight excluding hydrogens is 473 g/mol. The zero-order valence-corrected chi connectivity index (χ0v) is 18.7. The first-order chi connectivity index (χ1) is 13.3. The summed E-state index contributed by atoms with van der Waals surface area (Å²) in [5.74, 6) is 1.60. The maximum Gasteiger partial charge on any atom is 0.225 e. The van der Waals surface area contributed by atoms with E-state index in [4.69, 9.17) is 4.74 Å². The highest BCUT2D eigenvalue weighted by Gasteiger charge is 2.22. The summed E-state index contributed by atoms with van der Waals surface area (Å²) in [6.07, 6.45) is 6.40. The summed E-state index contributed by atoms with van der Waals surface area (Å²) in [7, 11) is 1.73. The van der Waals surface area contributed by atoms with Gasteiger partial charge >= 0.3 is 0 Å². The van der Waals surface area contributed by atoms with Gasteiger partial charge in [-0.15, -0.1) is 24.0 Å². The minimum atomic E-state index is 0. The lowest BCUT2D eigenvalue weighted by Crippen LogP contribution is -2.50. The van der Waals surface area contributed by atoms with Gasteiger partial charge in [-0.05, 0) is 18.9 Å². The standard InChI is InChI=1S/C18H29N7O2.HI/c1-19-17(23-14-15-4-2-13-27-15)20-8-5-16(26)24-9-11-25(12-10-24)18-21-6-3-7-22-18;/h3,6-7,15H,2,4-5,8-14H2,1H3,(H2,19,20,23);1H. The van der Waals surface area contributed by atoms with Crippen molar-refractivity contribution in [3.8, 4) is 0 Å². The molecule has 1 atom stereocenters. The highest BCUT2D eigenvalue weighted by molar-refractivity contribution is 14.0. The summed E-state index contributed by atoms with van der Waals surface area (Å²) in [6, 6.07) is 1.81. The van der Waals surface area contributed by atoms with Gasteiger partial charge in [-0.1, -0.05) is 0 Å². The van der Waals surface area contributed by atoms with Crippen LogP contribution in [0.5, 0.6) is 0 Å². The summed E-state index contributed by atoms with van der Waals surface area (Å²) in [4.78, 5) is 29.2. The second-order valence-corrected chi connectivity index (χ2v) is 6.68. The molecule has 2 aliphatic rings.